The van der Waals surface area contributed by atoms with E-state index in [1.165, 1.54) is 24.5 Å². The number of nitrogens with zero attached hydrogens (tertiary/aromatic N) is 4. The van der Waals surface area contributed by atoms with E-state index in [-0.39, 0.29) is 45.6 Å². The molecule has 0 aliphatic carbocycles. The Bertz CT molecular complexity index is 1270. The number of urea groups is 1. The minimum Gasteiger partial charge on any atom is -0.476 e. The van der Waals surface area contributed by atoms with Crippen molar-refractivity contribution in [3.8, 4) is 27.6 Å². The van der Waals surface area contributed by atoms with Crippen LogP contribution in [-0.2, 0) is 6.18 Å². The smallest absolute Gasteiger partial charge is 0.434 e. The molecule has 3 rings (SSSR count). The summed E-state index contributed by atoms with van der Waals surface area (Å²) in [4.78, 5) is 38.3. The fraction of sp³-hybridized carbons (Fsp3) is 0.318. The van der Waals surface area contributed by atoms with Gasteiger partial charge in [-0.05, 0) is 33.2 Å². The van der Waals surface area contributed by atoms with E-state index in [4.69, 9.17) is 10.6 Å². The maximum atomic E-state index is 13.3. The number of alkyl halides is 3. The lowest BCUT2D eigenvalue weighted by molar-refractivity contribution is -0.140. The molecule has 15 heteroatoms. The summed E-state index contributed by atoms with van der Waals surface area (Å²) < 4.78 is 45.7. The van der Waals surface area contributed by atoms with E-state index in [1.807, 2.05) is 24.4 Å². The third kappa shape index (κ3) is 7.12. The van der Waals surface area contributed by atoms with Crippen molar-refractivity contribution in [2.24, 2.45) is 5.84 Å². The fourth-order valence-electron chi connectivity index (χ4n) is 3.06. The van der Waals surface area contributed by atoms with Gasteiger partial charge in [0, 0.05) is 47.6 Å². The summed E-state index contributed by atoms with van der Waals surface area (Å²) in [5, 5.41) is 5.98. The lowest BCUT2D eigenvalue weighted by Crippen LogP contribution is -2.30. The zero-order valence-electron chi connectivity index (χ0n) is 20.1. The molecule has 3 aromatic heterocycles. The van der Waals surface area contributed by atoms with Crippen molar-refractivity contribution in [2.75, 3.05) is 39.1 Å². The number of carbonyl (C=O) groups excluding carboxylic acids is 2. The second-order valence-electron chi connectivity index (χ2n) is 7.84. The first-order valence-corrected chi connectivity index (χ1v) is 11.8. The van der Waals surface area contributed by atoms with Crippen molar-refractivity contribution in [1.29, 1.82) is 0 Å². The van der Waals surface area contributed by atoms with Crippen LogP contribution in [0.2, 0.25) is 0 Å². The molecule has 5 N–H and O–H groups in total. The number of carbonyl (C=O) groups is 2. The number of nitrogens with two attached hydrogens (primary N) is 1. The molecule has 0 spiro atoms. The number of ether oxygens (including phenoxy) is 1. The molecule has 0 aliphatic rings. The molecule has 0 bridgehead atoms. The molecule has 0 aromatic carbocycles. The van der Waals surface area contributed by atoms with E-state index in [9.17, 15) is 22.8 Å². The van der Waals surface area contributed by atoms with Crippen LogP contribution in [0.25, 0.3) is 21.7 Å². The maximum absolute atomic E-state index is 13.3. The lowest BCUT2D eigenvalue weighted by Gasteiger charge is -2.16. The zero-order chi connectivity index (χ0) is 27.2. The number of halogens is 3. The Labute approximate surface area is 214 Å². The Hall–Kier alpha value is -3.82. The number of amides is 3. The van der Waals surface area contributed by atoms with E-state index in [0.29, 0.717) is 13.1 Å². The molecule has 198 valence electrons. The van der Waals surface area contributed by atoms with Crippen LogP contribution in [-0.4, -0.2) is 65.6 Å². The van der Waals surface area contributed by atoms with Crippen molar-refractivity contribution in [3.63, 3.8) is 0 Å². The first kappa shape index (κ1) is 27.8. The molecule has 37 heavy (non-hydrogen) atoms. The topological polar surface area (TPSA) is 147 Å². The molecule has 3 aromatic rings. The molecular weight excluding hydrogens is 513 g/mol. The number of nitrogen functional groups attached to an aromatic ring is 1. The van der Waals surface area contributed by atoms with E-state index >= 15 is 0 Å². The van der Waals surface area contributed by atoms with Crippen LogP contribution in [0.5, 0.6) is 5.88 Å². The molecule has 0 aliphatic heterocycles. The largest absolute Gasteiger partial charge is 0.476 e. The van der Waals surface area contributed by atoms with Crippen LogP contribution in [0.15, 0.2) is 29.9 Å². The van der Waals surface area contributed by atoms with Gasteiger partial charge in [-0.25, -0.2) is 25.6 Å². The first-order chi connectivity index (χ1) is 17.5. The van der Waals surface area contributed by atoms with Crippen LogP contribution in [0, 0.1) is 0 Å². The normalized spacial score (nSPS) is 11.4. The molecule has 0 fully saturated rings. The summed E-state index contributed by atoms with van der Waals surface area (Å²) in [6, 6.07) is 2.29. The molecule has 11 nitrogen and oxygen atoms in total. The quantitative estimate of drug-likeness (QED) is 0.185. The first-order valence-electron chi connectivity index (χ1n) is 10.9. The van der Waals surface area contributed by atoms with Gasteiger partial charge in [-0.1, -0.05) is 0 Å². The van der Waals surface area contributed by atoms with Gasteiger partial charge in [0.2, 0.25) is 5.88 Å². The van der Waals surface area contributed by atoms with Gasteiger partial charge in [0.25, 0.3) is 5.91 Å². The Kier molecular flexibility index (Phi) is 8.96. The van der Waals surface area contributed by atoms with Crippen LogP contribution in [0.4, 0.5) is 23.8 Å². The second-order valence-corrected chi connectivity index (χ2v) is 8.70. The number of pyridine rings is 2. The fourth-order valence-corrected chi connectivity index (χ4v) is 3.91. The molecule has 0 unspecified atom stereocenters. The van der Waals surface area contributed by atoms with Crippen LogP contribution < -0.4 is 26.6 Å². The Morgan fingerprint density at radius 1 is 1.14 bits per heavy atom. The van der Waals surface area contributed by atoms with Crippen LogP contribution in [0.1, 0.15) is 23.0 Å². The van der Waals surface area contributed by atoms with Crippen molar-refractivity contribution < 1.29 is 27.5 Å². The summed E-state index contributed by atoms with van der Waals surface area (Å²) in [5.74, 6) is 4.83. The van der Waals surface area contributed by atoms with Gasteiger partial charge in [-0.15, -0.1) is 11.3 Å². The Morgan fingerprint density at radius 3 is 2.51 bits per heavy atom. The molecule has 3 amide bonds. The van der Waals surface area contributed by atoms with Crippen molar-refractivity contribution in [3.05, 3.63) is 41.2 Å². The molecule has 3 heterocycles. The van der Waals surface area contributed by atoms with Crippen molar-refractivity contribution in [1.82, 2.24) is 30.6 Å². The average Bonchev–Trinajstić information content (AvgIpc) is 3.35. The predicted octanol–water partition coefficient (Wildman–Crippen LogP) is 2.97. The van der Waals surface area contributed by atoms with Crippen LogP contribution >= 0.6 is 11.3 Å². The monoisotopic (exact) mass is 538 g/mol. The van der Waals surface area contributed by atoms with Gasteiger partial charge in [0.05, 0.1) is 5.56 Å². The molecule has 0 radical (unpaired) electrons. The van der Waals surface area contributed by atoms with Gasteiger partial charge in [0.15, 0.2) is 5.69 Å². The van der Waals surface area contributed by atoms with Gasteiger partial charge >= 0.3 is 12.2 Å². The standard InChI is InChI=1S/C22H25F3N8O3S/c1-4-27-21(35)31-17-8-14(20-30-16(11-37-20)22(23,24)25)15(10-28-17)13-7-12(18(34)32-26)9-29-19(13)36-6-5-33(2)3/h7-11H,4-6,26H2,1-3H3,(H,32,34)(H2,27,28,31,35). The predicted molar refractivity (Wildman–Crippen MR) is 132 cm³/mol. The SMILES string of the molecule is CCNC(=O)Nc1cc(-c2nc(C(F)(F)F)cs2)c(-c2cc(C(=O)NN)cnc2OCCN(C)C)cn1. The van der Waals surface area contributed by atoms with Gasteiger partial charge in [-0.2, -0.15) is 13.2 Å². The van der Waals surface area contributed by atoms with Gasteiger partial charge in [0.1, 0.15) is 17.4 Å². The molecule has 0 saturated carbocycles. The molecule has 0 saturated heterocycles. The summed E-state index contributed by atoms with van der Waals surface area (Å²) in [7, 11) is 3.71. The number of aromatic nitrogens is 3. The van der Waals surface area contributed by atoms with E-state index < -0.39 is 23.8 Å². The third-order valence-electron chi connectivity index (χ3n) is 4.82. The van der Waals surface area contributed by atoms with Crippen molar-refractivity contribution >= 4 is 29.1 Å². The van der Waals surface area contributed by atoms with Gasteiger partial charge < -0.3 is 15.0 Å². The van der Waals surface area contributed by atoms with E-state index in [1.54, 1.807) is 6.92 Å². The Balaban J connectivity index is 2.18. The summed E-state index contributed by atoms with van der Waals surface area (Å²) >= 11 is 0.764. The number of hydrogen-bond acceptors (Lipinski definition) is 9. The number of hydrazine groups is 1. The molecular formula is C22H25F3N8O3S. The summed E-state index contributed by atoms with van der Waals surface area (Å²) in [5.41, 5.74) is 1.81. The zero-order valence-corrected chi connectivity index (χ0v) is 21.0. The van der Waals surface area contributed by atoms with E-state index in [0.717, 1.165) is 16.7 Å². The number of anilines is 1. The maximum Gasteiger partial charge on any atom is 0.434 e. The highest BCUT2D eigenvalue weighted by atomic mass is 32.1. The third-order valence-corrected chi connectivity index (χ3v) is 5.70. The highest BCUT2D eigenvalue weighted by Crippen LogP contribution is 2.40. The molecule has 0 atom stereocenters. The number of rotatable bonds is 9. The highest BCUT2D eigenvalue weighted by molar-refractivity contribution is 7.13. The van der Waals surface area contributed by atoms with E-state index in [2.05, 4.69) is 25.6 Å². The number of hydrogen-bond donors (Lipinski definition) is 4. The second kappa shape index (κ2) is 11.9. The highest BCUT2D eigenvalue weighted by Gasteiger charge is 2.34. The van der Waals surface area contributed by atoms with Gasteiger partial charge in [-0.3, -0.25) is 15.5 Å². The minimum atomic E-state index is -4.65. The summed E-state index contributed by atoms with van der Waals surface area (Å²) in [6.45, 7) is 2.87. The Morgan fingerprint density at radius 2 is 1.89 bits per heavy atom. The van der Waals surface area contributed by atoms with Crippen molar-refractivity contribution in [2.45, 2.75) is 13.1 Å². The average molecular weight is 539 g/mol. The number of likely N-dealkylation sites (N-methyl/N-ethyl adjacent to an activating group) is 1. The number of thiazole rings is 1. The van der Waals surface area contributed by atoms with Crippen LogP contribution in [0.3, 0.4) is 0 Å². The minimum absolute atomic E-state index is 0.0107. The lowest BCUT2D eigenvalue weighted by atomic mass is 10.0. The number of nitrogens with one attached hydrogen (secondary N) is 3. The summed E-state index contributed by atoms with van der Waals surface area (Å²) in [6.07, 6.45) is -2.05.